The number of rotatable bonds is 6. The molecule has 2 saturated heterocycles. The molecule has 0 aliphatic carbocycles. The fourth-order valence-electron chi connectivity index (χ4n) is 4.09. The molecule has 25 heavy (non-hydrogen) atoms. The lowest BCUT2D eigenvalue weighted by Crippen LogP contribution is -2.51. The molecule has 2 aliphatic heterocycles. The zero-order chi connectivity index (χ0) is 17.8. The number of hydrogen-bond donors (Lipinski definition) is 0. The van der Waals surface area contributed by atoms with Crippen LogP contribution in [-0.4, -0.2) is 24.4 Å². The molecule has 2 unspecified atom stereocenters. The number of hydrogen-bond acceptors (Lipinski definition) is 3. The lowest BCUT2D eigenvalue weighted by molar-refractivity contribution is -0.187. The van der Waals surface area contributed by atoms with Crippen molar-refractivity contribution < 1.29 is 14.2 Å². The molecular weight excluding hydrogens is 312 g/mol. The van der Waals surface area contributed by atoms with Gasteiger partial charge in [0.25, 0.3) is 0 Å². The summed E-state index contributed by atoms with van der Waals surface area (Å²) in [6.45, 7) is 9.84. The summed E-state index contributed by atoms with van der Waals surface area (Å²) in [5, 5.41) is 0. The van der Waals surface area contributed by atoms with Gasteiger partial charge in [0, 0.05) is 0 Å². The van der Waals surface area contributed by atoms with Gasteiger partial charge in [-0.25, -0.2) is 0 Å². The molecule has 3 heteroatoms. The zero-order valence-corrected chi connectivity index (χ0v) is 15.4. The average molecular weight is 338 g/mol. The Morgan fingerprint density at radius 2 is 1.00 bits per heavy atom. The number of epoxide rings is 2. The Labute approximate surface area is 149 Å². The fraction of sp³-hybridized carbons (Fsp3) is 0.455. The van der Waals surface area contributed by atoms with Crippen molar-refractivity contribution in [2.75, 3.05) is 13.2 Å². The predicted octanol–water partition coefficient (Wildman–Crippen LogP) is 4.41. The van der Waals surface area contributed by atoms with E-state index in [1.807, 2.05) is 12.1 Å². The smallest absolute Gasteiger partial charge is 0.145 e. The molecule has 3 nitrogen and oxygen atoms in total. The second-order valence-corrected chi connectivity index (χ2v) is 8.09. The maximum atomic E-state index is 6.74. The lowest BCUT2D eigenvalue weighted by Gasteiger charge is -2.43. The second-order valence-electron chi connectivity index (χ2n) is 8.09. The van der Waals surface area contributed by atoms with E-state index in [-0.39, 0.29) is 0 Å². The Morgan fingerprint density at radius 3 is 1.28 bits per heavy atom. The van der Waals surface area contributed by atoms with E-state index in [4.69, 9.17) is 14.2 Å². The Bertz CT molecular complexity index is 676. The second kappa shape index (κ2) is 5.41. The van der Waals surface area contributed by atoms with Crippen molar-refractivity contribution in [3.05, 3.63) is 71.8 Å². The Kier molecular flexibility index (Phi) is 3.63. The Morgan fingerprint density at radius 1 is 0.680 bits per heavy atom. The third-order valence-electron chi connectivity index (χ3n) is 5.80. The molecule has 2 aromatic carbocycles. The summed E-state index contributed by atoms with van der Waals surface area (Å²) >= 11 is 0. The van der Waals surface area contributed by atoms with Crippen LogP contribution in [0.25, 0.3) is 0 Å². The van der Waals surface area contributed by atoms with Gasteiger partial charge in [-0.2, -0.15) is 0 Å². The van der Waals surface area contributed by atoms with Gasteiger partial charge in [-0.15, -0.1) is 0 Å². The van der Waals surface area contributed by atoms with Crippen LogP contribution in [-0.2, 0) is 25.4 Å². The molecule has 0 bridgehead atoms. The minimum Gasteiger partial charge on any atom is -0.363 e. The highest BCUT2D eigenvalue weighted by atomic mass is 16.7. The standard InChI is InChI=1S/C22H26O3/c1-19(2,21(15-23-21)17-11-7-5-8-12-17)25-20(3,4)22(16-24-22)18-13-9-6-10-14-18/h5-14H,15-16H2,1-4H3. The molecule has 0 amide bonds. The summed E-state index contributed by atoms with van der Waals surface area (Å²) in [5.74, 6) is 0. The van der Waals surface area contributed by atoms with Crippen LogP contribution < -0.4 is 0 Å². The third-order valence-corrected chi connectivity index (χ3v) is 5.80. The van der Waals surface area contributed by atoms with Crippen molar-refractivity contribution in [3.8, 4) is 0 Å². The van der Waals surface area contributed by atoms with Gasteiger partial charge in [-0.3, -0.25) is 0 Å². The van der Waals surface area contributed by atoms with Crippen LogP contribution in [0.1, 0.15) is 38.8 Å². The molecule has 0 radical (unpaired) electrons. The first-order valence-corrected chi connectivity index (χ1v) is 8.92. The van der Waals surface area contributed by atoms with Crippen LogP contribution in [0.4, 0.5) is 0 Å². The van der Waals surface area contributed by atoms with Crippen LogP contribution in [0, 0.1) is 0 Å². The van der Waals surface area contributed by atoms with E-state index in [2.05, 4.69) is 76.2 Å². The molecule has 0 aromatic heterocycles. The van der Waals surface area contributed by atoms with Gasteiger partial charge < -0.3 is 14.2 Å². The molecule has 2 fully saturated rings. The van der Waals surface area contributed by atoms with Crippen molar-refractivity contribution >= 4 is 0 Å². The van der Waals surface area contributed by atoms with Gasteiger partial charge in [0.1, 0.15) is 11.2 Å². The normalized spacial score (nSPS) is 28.6. The minimum atomic E-state index is -0.481. The Balaban J connectivity index is 1.63. The maximum absolute atomic E-state index is 6.74. The summed E-state index contributed by atoms with van der Waals surface area (Å²) in [5.41, 5.74) is 0.593. The number of benzene rings is 2. The molecule has 2 atom stereocenters. The van der Waals surface area contributed by atoms with Gasteiger partial charge in [-0.05, 0) is 38.8 Å². The van der Waals surface area contributed by atoms with E-state index < -0.39 is 22.4 Å². The van der Waals surface area contributed by atoms with Gasteiger partial charge in [0.2, 0.25) is 0 Å². The highest BCUT2D eigenvalue weighted by molar-refractivity contribution is 5.33. The SMILES string of the molecule is CC(C)(OC(C)(C)C1(c2ccccc2)CO1)C1(c2ccccc2)CO1. The summed E-state index contributed by atoms with van der Waals surface area (Å²) < 4.78 is 18.7. The molecule has 2 heterocycles. The largest absolute Gasteiger partial charge is 0.363 e. The van der Waals surface area contributed by atoms with E-state index >= 15 is 0 Å². The minimum absolute atomic E-state index is 0.391. The summed E-state index contributed by atoms with van der Waals surface area (Å²) in [6.07, 6.45) is 0. The maximum Gasteiger partial charge on any atom is 0.145 e. The van der Waals surface area contributed by atoms with E-state index in [1.54, 1.807) is 0 Å². The highest BCUT2D eigenvalue weighted by Gasteiger charge is 2.65. The molecule has 0 saturated carbocycles. The van der Waals surface area contributed by atoms with E-state index in [9.17, 15) is 0 Å². The predicted molar refractivity (Wildman–Crippen MR) is 97.4 cm³/mol. The van der Waals surface area contributed by atoms with E-state index in [1.165, 1.54) is 11.1 Å². The summed E-state index contributed by atoms with van der Waals surface area (Å²) in [4.78, 5) is 0. The van der Waals surface area contributed by atoms with E-state index in [0.717, 1.165) is 0 Å². The number of ether oxygens (including phenoxy) is 3. The average Bonchev–Trinajstić information content (AvgIpc) is 3.49. The van der Waals surface area contributed by atoms with Gasteiger partial charge in [0.05, 0.1) is 24.4 Å². The van der Waals surface area contributed by atoms with Gasteiger partial charge >= 0.3 is 0 Å². The van der Waals surface area contributed by atoms with Crippen molar-refractivity contribution in [2.24, 2.45) is 0 Å². The first-order chi connectivity index (χ1) is 11.8. The molecule has 4 rings (SSSR count). The molecular formula is C22H26O3. The van der Waals surface area contributed by atoms with Crippen LogP contribution in [0.15, 0.2) is 60.7 Å². The quantitative estimate of drug-likeness (QED) is 0.732. The van der Waals surface area contributed by atoms with Crippen LogP contribution in [0.2, 0.25) is 0 Å². The molecule has 0 N–H and O–H groups in total. The topological polar surface area (TPSA) is 34.3 Å². The highest BCUT2D eigenvalue weighted by Crippen LogP contribution is 2.56. The first-order valence-electron chi connectivity index (χ1n) is 8.92. The third kappa shape index (κ3) is 2.53. The monoisotopic (exact) mass is 338 g/mol. The van der Waals surface area contributed by atoms with Crippen LogP contribution >= 0.6 is 0 Å². The fourth-order valence-corrected chi connectivity index (χ4v) is 4.09. The molecule has 132 valence electrons. The van der Waals surface area contributed by atoms with E-state index in [0.29, 0.717) is 13.2 Å². The summed E-state index contributed by atoms with van der Waals surface area (Å²) in [6, 6.07) is 20.7. The molecule has 2 aliphatic rings. The van der Waals surface area contributed by atoms with Crippen molar-refractivity contribution in [1.82, 2.24) is 0 Å². The van der Waals surface area contributed by atoms with Crippen molar-refractivity contribution in [2.45, 2.75) is 50.1 Å². The molecule has 2 aromatic rings. The lowest BCUT2D eigenvalue weighted by atomic mass is 9.80. The summed E-state index contributed by atoms with van der Waals surface area (Å²) in [7, 11) is 0. The Hall–Kier alpha value is -1.68. The van der Waals surface area contributed by atoms with Gasteiger partial charge in [0.15, 0.2) is 0 Å². The molecule has 0 spiro atoms. The van der Waals surface area contributed by atoms with Crippen molar-refractivity contribution in [1.29, 1.82) is 0 Å². The zero-order valence-electron chi connectivity index (χ0n) is 15.4. The van der Waals surface area contributed by atoms with Crippen LogP contribution in [0.3, 0.4) is 0 Å². The van der Waals surface area contributed by atoms with Gasteiger partial charge in [-0.1, -0.05) is 60.7 Å². The first kappa shape index (κ1) is 16.8. The van der Waals surface area contributed by atoms with Crippen molar-refractivity contribution in [3.63, 3.8) is 0 Å². The van der Waals surface area contributed by atoms with Crippen LogP contribution in [0.5, 0.6) is 0 Å².